The minimum absolute atomic E-state index is 0.159. The number of carbonyl (C=O) groups excluding carboxylic acids is 1. The molecule has 0 aliphatic carbocycles. The SMILES string of the molecule is Cc1cc(F)ccc1C(=O)NCCc1ccc(Br)s1. The highest BCUT2D eigenvalue weighted by Crippen LogP contribution is 2.22. The smallest absolute Gasteiger partial charge is 0.251 e. The highest BCUT2D eigenvalue weighted by Gasteiger charge is 2.09. The summed E-state index contributed by atoms with van der Waals surface area (Å²) in [5, 5.41) is 2.85. The first kappa shape index (κ1) is 14.2. The Labute approximate surface area is 123 Å². The lowest BCUT2D eigenvalue weighted by Gasteiger charge is -2.07. The van der Waals surface area contributed by atoms with Gasteiger partial charge in [0.25, 0.3) is 5.91 Å². The first-order valence-electron chi connectivity index (χ1n) is 5.85. The topological polar surface area (TPSA) is 29.1 Å². The molecule has 1 N–H and O–H groups in total. The van der Waals surface area contributed by atoms with E-state index >= 15 is 0 Å². The molecule has 100 valence electrons. The molecule has 0 aliphatic rings. The number of benzene rings is 1. The average molecular weight is 342 g/mol. The fourth-order valence-corrected chi connectivity index (χ4v) is 3.25. The number of aryl methyl sites for hydroxylation is 1. The molecule has 1 aromatic heterocycles. The quantitative estimate of drug-likeness (QED) is 0.896. The summed E-state index contributed by atoms with van der Waals surface area (Å²) in [5.41, 5.74) is 1.17. The van der Waals surface area contributed by atoms with Crippen LogP contribution in [0.15, 0.2) is 34.1 Å². The van der Waals surface area contributed by atoms with Gasteiger partial charge in [-0.2, -0.15) is 0 Å². The molecule has 0 saturated heterocycles. The van der Waals surface area contributed by atoms with Crippen molar-refractivity contribution in [2.24, 2.45) is 0 Å². The first-order valence-corrected chi connectivity index (χ1v) is 7.46. The van der Waals surface area contributed by atoms with Gasteiger partial charge in [0.1, 0.15) is 5.82 Å². The maximum atomic E-state index is 13.0. The van der Waals surface area contributed by atoms with E-state index in [1.165, 1.54) is 23.1 Å². The van der Waals surface area contributed by atoms with Gasteiger partial charge in [0, 0.05) is 17.0 Å². The molecule has 1 aromatic carbocycles. The summed E-state index contributed by atoms with van der Waals surface area (Å²) in [5.74, 6) is -0.481. The molecule has 0 saturated carbocycles. The molecule has 0 atom stereocenters. The third-order valence-electron chi connectivity index (χ3n) is 2.72. The summed E-state index contributed by atoms with van der Waals surface area (Å²) in [6.45, 7) is 2.30. The average Bonchev–Trinajstić information content (AvgIpc) is 2.75. The molecule has 2 rings (SSSR count). The molecule has 2 nitrogen and oxygen atoms in total. The van der Waals surface area contributed by atoms with Crippen LogP contribution < -0.4 is 5.32 Å². The summed E-state index contributed by atoms with van der Waals surface area (Å²) >= 11 is 5.06. The predicted molar refractivity (Wildman–Crippen MR) is 79.2 cm³/mol. The number of rotatable bonds is 4. The van der Waals surface area contributed by atoms with Crippen LogP contribution in [0.4, 0.5) is 4.39 Å². The number of nitrogens with one attached hydrogen (secondary N) is 1. The number of carbonyl (C=O) groups is 1. The van der Waals surface area contributed by atoms with Crippen LogP contribution in [0.1, 0.15) is 20.8 Å². The van der Waals surface area contributed by atoms with Crippen molar-refractivity contribution in [3.8, 4) is 0 Å². The van der Waals surface area contributed by atoms with Crippen LogP contribution in [0.5, 0.6) is 0 Å². The van der Waals surface area contributed by atoms with Crippen LogP contribution in [0.3, 0.4) is 0 Å². The highest BCUT2D eigenvalue weighted by molar-refractivity contribution is 9.11. The summed E-state index contributed by atoms with van der Waals surface area (Å²) in [4.78, 5) is 13.1. The van der Waals surface area contributed by atoms with Gasteiger partial charge in [-0.25, -0.2) is 4.39 Å². The van der Waals surface area contributed by atoms with Crippen molar-refractivity contribution in [1.29, 1.82) is 0 Å². The van der Waals surface area contributed by atoms with Crippen LogP contribution in [-0.2, 0) is 6.42 Å². The van der Waals surface area contributed by atoms with Crippen LogP contribution in [0.2, 0.25) is 0 Å². The van der Waals surface area contributed by atoms with E-state index in [-0.39, 0.29) is 11.7 Å². The summed E-state index contributed by atoms with van der Waals surface area (Å²) < 4.78 is 14.0. The molecule has 5 heteroatoms. The summed E-state index contributed by atoms with van der Waals surface area (Å²) in [7, 11) is 0. The first-order chi connectivity index (χ1) is 9.06. The Morgan fingerprint density at radius 3 is 2.79 bits per heavy atom. The van der Waals surface area contributed by atoms with Gasteiger partial charge in [-0.15, -0.1) is 11.3 Å². The number of halogens is 2. The molecular formula is C14H13BrFNOS. The van der Waals surface area contributed by atoms with Crippen molar-refractivity contribution in [3.05, 3.63) is 55.9 Å². The molecule has 0 unspecified atom stereocenters. The Morgan fingerprint density at radius 1 is 1.37 bits per heavy atom. The Kier molecular flexibility index (Phi) is 4.71. The van der Waals surface area contributed by atoms with Crippen LogP contribution in [-0.4, -0.2) is 12.5 Å². The second-order valence-corrected chi connectivity index (χ2v) is 6.72. The lowest BCUT2D eigenvalue weighted by Crippen LogP contribution is -2.26. The second kappa shape index (κ2) is 6.30. The minimum Gasteiger partial charge on any atom is -0.352 e. The van der Waals surface area contributed by atoms with E-state index in [0.717, 1.165) is 10.2 Å². The maximum Gasteiger partial charge on any atom is 0.251 e. The molecule has 1 heterocycles. The normalized spacial score (nSPS) is 10.5. The zero-order chi connectivity index (χ0) is 13.8. The Morgan fingerprint density at radius 2 is 2.16 bits per heavy atom. The van der Waals surface area contributed by atoms with Crippen LogP contribution >= 0.6 is 27.3 Å². The molecular weight excluding hydrogens is 329 g/mol. The van der Waals surface area contributed by atoms with Gasteiger partial charge in [0.15, 0.2) is 0 Å². The van der Waals surface area contributed by atoms with E-state index in [2.05, 4.69) is 21.2 Å². The molecule has 0 spiro atoms. The fraction of sp³-hybridized carbons (Fsp3) is 0.214. The lowest BCUT2D eigenvalue weighted by molar-refractivity contribution is 0.0953. The Hall–Kier alpha value is -1.20. The molecule has 0 radical (unpaired) electrons. The van der Waals surface area contributed by atoms with Gasteiger partial charge in [0.2, 0.25) is 0 Å². The Balaban J connectivity index is 1.90. The van der Waals surface area contributed by atoms with E-state index in [4.69, 9.17) is 0 Å². The zero-order valence-corrected chi connectivity index (χ0v) is 12.8. The largest absolute Gasteiger partial charge is 0.352 e. The standard InChI is InChI=1S/C14H13BrFNOS/c1-9-8-10(16)2-4-12(9)14(18)17-7-6-11-3-5-13(15)19-11/h2-5,8H,6-7H2,1H3,(H,17,18). The molecule has 0 fully saturated rings. The Bertz CT molecular complexity index is 597. The molecule has 1 amide bonds. The third-order valence-corrected chi connectivity index (χ3v) is 4.40. The van der Waals surface area contributed by atoms with Crippen molar-refractivity contribution >= 4 is 33.2 Å². The highest BCUT2D eigenvalue weighted by atomic mass is 79.9. The lowest BCUT2D eigenvalue weighted by atomic mass is 10.1. The van der Waals surface area contributed by atoms with Crippen molar-refractivity contribution in [3.63, 3.8) is 0 Å². The van der Waals surface area contributed by atoms with Gasteiger partial charge >= 0.3 is 0 Å². The second-order valence-electron chi connectivity index (χ2n) is 4.17. The van der Waals surface area contributed by atoms with Crippen molar-refractivity contribution in [2.75, 3.05) is 6.54 Å². The van der Waals surface area contributed by atoms with E-state index in [1.807, 2.05) is 12.1 Å². The maximum absolute atomic E-state index is 13.0. The number of hydrogen-bond donors (Lipinski definition) is 1. The van der Waals surface area contributed by atoms with E-state index in [1.54, 1.807) is 18.3 Å². The van der Waals surface area contributed by atoms with Gasteiger partial charge < -0.3 is 5.32 Å². The summed E-state index contributed by atoms with van der Waals surface area (Å²) in [6, 6.07) is 8.21. The number of hydrogen-bond acceptors (Lipinski definition) is 2. The monoisotopic (exact) mass is 341 g/mol. The predicted octanol–water partition coefficient (Wildman–Crippen LogP) is 3.93. The number of thiophene rings is 1. The van der Waals surface area contributed by atoms with Gasteiger partial charge in [0.05, 0.1) is 3.79 Å². The molecule has 0 bridgehead atoms. The molecule has 19 heavy (non-hydrogen) atoms. The molecule has 2 aromatic rings. The van der Waals surface area contributed by atoms with E-state index in [0.29, 0.717) is 17.7 Å². The third kappa shape index (κ3) is 3.88. The summed E-state index contributed by atoms with van der Waals surface area (Å²) in [6.07, 6.45) is 0.794. The van der Waals surface area contributed by atoms with Gasteiger partial charge in [-0.3, -0.25) is 4.79 Å². The van der Waals surface area contributed by atoms with Crippen LogP contribution in [0, 0.1) is 12.7 Å². The number of amides is 1. The van der Waals surface area contributed by atoms with Gasteiger partial charge in [-0.1, -0.05) is 0 Å². The van der Waals surface area contributed by atoms with Crippen molar-refractivity contribution < 1.29 is 9.18 Å². The van der Waals surface area contributed by atoms with Crippen molar-refractivity contribution in [2.45, 2.75) is 13.3 Å². The zero-order valence-electron chi connectivity index (χ0n) is 10.4. The van der Waals surface area contributed by atoms with Gasteiger partial charge in [-0.05, 0) is 65.2 Å². The molecule has 0 aliphatic heterocycles. The van der Waals surface area contributed by atoms with E-state index in [9.17, 15) is 9.18 Å². The van der Waals surface area contributed by atoms with Crippen LogP contribution in [0.25, 0.3) is 0 Å². The van der Waals surface area contributed by atoms with E-state index < -0.39 is 0 Å². The van der Waals surface area contributed by atoms with Crippen molar-refractivity contribution in [1.82, 2.24) is 5.32 Å². The fourth-order valence-electron chi connectivity index (χ4n) is 1.76. The minimum atomic E-state index is -0.322.